The molecule has 0 aromatic heterocycles. The molecule has 3 aromatic rings. The molecule has 1 N–H and O–H groups in total. The summed E-state index contributed by atoms with van der Waals surface area (Å²) in [6.07, 6.45) is 1.28. The number of carbonyl (C=O) groups excluding carboxylic acids is 2. The Kier molecular flexibility index (Phi) is 9.82. The highest BCUT2D eigenvalue weighted by molar-refractivity contribution is 6.42. The minimum absolute atomic E-state index is 0.0871. The van der Waals surface area contributed by atoms with E-state index in [1.165, 1.54) is 0 Å². The van der Waals surface area contributed by atoms with E-state index in [-0.39, 0.29) is 24.8 Å². The Balaban J connectivity index is 1.96. The Labute approximate surface area is 215 Å². The van der Waals surface area contributed by atoms with E-state index >= 15 is 0 Å². The van der Waals surface area contributed by atoms with Crippen LogP contribution in [0.1, 0.15) is 30.0 Å². The van der Waals surface area contributed by atoms with Crippen molar-refractivity contribution in [1.82, 2.24) is 10.2 Å². The van der Waals surface area contributed by atoms with E-state index in [2.05, 4.69) is 5.32 Å². The van der Waals surface area contributed by atoms with Gasteiger partial charge >= 0.3 is 0 Å². The smallest absolute Gasteiger partial charge is 0.243 e. The zero-order valence-electron chi connectivity index (χ0n) is 18.9. The number of amides is 2. The first kappa shape index (κ1) is 26.1. The molecule has 3 aromatic carbocycles. The second-order valence-electron chi connectivity index (χ2n) is 8.07. The molecule has 1 unspecified atom stereocenters. The number of halogens is 3. The molecule has 0 saturated heterocycles. The third-order valence-corrected chi connectivity index (χ3v) is 6.38. The van der Waals surface area contributed by atoms with Crippen LogP contribution in [0.15, 0.2) is 72.8 Å². The van der Waals surface area contributed by atoms with Gasteiger partial charge in [-0.05, 0) is 47.4 Å². The molecule has 0 aliphatic rings. The molecule has 4 nitrogen and oxygen atoms in total. The maximum atomic E-state index is 13.6. The molecular weight excluding hydrogens is 491 g/mol. The zero-order valence-corrected chi connectivity index (χ0v) is 21.2. The zero-order chi connectivity index (χ0) is 24.5. The maximum Gasteiger partial charge on any atom is 0.243 e. The quantitative estimate of drug-likeness (QED) is 0.340. The van der Waals surface area contributed by atoms with Gasteiger partial charge in [0, 0.05) is 24.5 Å². The fourth-order valence-corrected chi connectivity index (χ4v) is 4.21. The highest BCUT2D eigenvalue weighted by atomic mass is 35.5. The van der Waals surface area contributed by atoms with E-state index in [0.29, 0.717) is 28.0 Å². The first-order chi connectivity index (χ1) is 16.4. The predicted molar refractivity (Wildman–Crippen MR) is 139 cm³/mol. The summed E-state index contributed by atoms with van der Waals surface area (Å²) in [6.45, 7) is 2.78. The fraction of sp³-hybridized carbons (Fsp3) is 0.259. The van der Waals surface area contributed by atoms with Crippen molar-refractivity contribution in [3.63, 3.8) is 0 Å². The Hall–Kier alpha value is -2.53. The van der Waals surface area contributed by atoms with E-state index in [1.807, 2.05) is 55.5 Å². The lowest BCUT2D eigenvalue weighted by molar-refractivity contribution is -0.140. The van der Waals surface area contributed by atoms with E-state index in [9.17, 15) is 9.59 Å². The van der Waals surface area contributed by atoms with Gasteiger partial charge in [0.2, 0.25) is 11.8 Å². The van der Waals surface area contributed by atoms with Gasteiger partial charge in [-0.25, -0.2) is 0 Å². The molecule has 0 radical (unpaired) electrons. The lowest BCUT2D eigenvalue weighted by Gasteiger charge is -2.32. The molecule has 0 saturated carbocycles. The normalized spacial score (nSPS) is 11.6. The van der Waals surface area contributed by atoms with Crippen LogP contribution in [0.2, 0.25) is 15.1 Å². The summed E-state index contributed by atoms with van der Waals surface area (Å²) < 4.78 is 0. The second-order valence-corrected chi connectivity index (χ2v) is 9.32. The summed E-state index contributed by atoms with van der Waals surface area (Å²) in [5.74, 6) is -0.374. The van der Waals surface area contributed by atoms with Gasteiger partial charge in [0.15, 0.2) is 0 Å². The van der Waals surface area contributed by atoms with Crippen LogP contribution in [0.5, 0.6) is 0 Å². The van der Waals surface area contributed by atoms with Gasteiger partial charge < -0.3 is 10.2 Å². The van der Waals surface area contributed by atoms with Crippen LogP contribution >= 0.6 is 34.8 Å². The van der Waals surface area contributed by atoms with Crippen molar-refractivity contribution in [1.29, 1.82) is 0 Å². The lowest BCUT2D eigenvalue weighted by Crippen LogP contribution is -2.51. The van der Waals surface area contributed by atoms with Crippen LogP contribution in [0, 0.1) is 0 Å². The third-order valence-electron chi connectivity index (χ3n) is 5.40. The molecular formula is C27H27Cl3N2O2. The Morgan fingerprint density at radius 3 is 2.26 bits per heavy atom. The largest absolute Gasteiger partial charge is 0.354 e. The van der Waals surface area contributed by atoms with Crippen molar-refractivity contribution >= 4 is 46.6 Å². The average Bonchev–Trinajstić information content (AvgIpc) is 2.82. The Bertz CT molecular complexity index is 1120. The van der Waals surface area contributed by atoms with Crippen LogP contribution in [0.25, 0.3) is 0 Å². The third kappa shape index (κ3) is 7.49. The van der Waals surface area contributed by atoms with Gasteiger partial charge in [-0.3, -0.25) is 9.59 Å². The van der Waals surface area contributed by atoms with Crippen molar-refractivity contribution in [3.05, 3.63) is 105 Å². The van der Waals surface area contributed by atoms with E-state index in [1.54, 1.807) is 29.2 Å². The SMILES string of the molecule is CCCNC(=O)C(Cc1ccccc1)N(Cc1cccc(Cl)c1)C(=O)Cc1ccc(Cl)c(Cl)c1. The molecule has 0 spiro atoms. The van der Waals surface area contributed by atoms with Crippen molar-refractivity contribution in [2.24, 2.45) is 0 Å². The molecule has 1 atom stereocenters. The van der Waals surface area contributed by atoms with Gasteiger partial charge in [0.05, 0.1) is 16.5 Å². The second kappa shape index (κ2) is 12.8. The van der Waals surface area contributed by atoms with Gasteiger partial charge in [-0.15, -0.1) is 0 Å². The molecule has 0 aliphatic carbocycles. The molecule has 178 valence electrons. The number of nitrogens with one attached hydrogen (secondary N) is 1. The molecule has 3 rings (SSSR count). The predicted octanol–water partition coefficient (Wildman–Crippen LogP) is 6.36. The van der Waals surface area contributed by atoms with Gasteiger partial charge in [0.1, 0.15) is 6.04 Å². The van der Waals surface area contributed by atoms with Crippen LogP contribution in [-0.2, 0) is 29.0 Å². The van der Waals surface area contributed by atoms with Gasteiger partial charge in [-0.2, -0.15) is 0 Å². The number of hydrogen-bond acceptors (Lipinski definition) is 2. The summed E-state index contributed by atoms with van der Waals surface area (Å²) in [5.41, 5.74) is 2.54. The number of hydrogen-bond donors (Lipinski definition) is 1. The van der Waals surface area contributed by atoms with Crippen LogP contribution < -0.4 is 5.32 Å². The van der Waals surface area contributed by atoms with Crippen molar-refractivity contribution in [2.75, 3.05) is 6.54 Å². The molecule has 34 heavy (non-hydrogen) atoms. The average molecular weight is 518 g/mol. The van der Waals surface area contributed by atoms with Crippen molar-refractivity contribution in [3.8, 4) is 0 Å². The van der Waals surface area contributed by atoms with E-state index < -0.39 is 6.04 Å². The van der Waals surface area contributed by atoms with Crippen molar-refractivity contribution < 1.29 is 9.59 Å². The summed E-state index contributed by atoms with van der Waals surface area (Å²) in [4.78, 5) is 28.6. The Morgan fingerprint density at radius 2 is 1.59 bits per heavy atom. The minimum Gasteiger partial charge on any atom is -0.354 e. The van der Waals surface area contributed by atoms with Crippen molar-refractivity contribution in [2.45, 2.75) is 38.8 Å². The monoisotopic (exact) mass is 516 g/mol. The van der Waals surface area contributed by atoms with Gasteiger partial charge in [-0.1, -0.05) is 90.3 Å². The number of nitrogens with zero attached hydrogens (tertiary/aromatic N) is 1. The minimum atomic E-state index is -0.691. The molecule has 2 amide bonds. The summed E-state index contributed by atoms with van der Waals surface area (Å²) in [5, 5.41) is 4.35. The van der Waals surface area contributed by atoms with Crippen LogP contribution in [0.3, 0.4) is 0 Å². The Morgan fingerprint density at radius 1 is 0.853 bits per heavy atom. The molecule has 0 aliphatic heterocycles. The first-order valence-corrected chi connectivity index (χ1v) is 12.3. The summed E-state index contributed by atoms with van der Waals surface area (Å²) >= 11 is 18.4. The fourth-order valence-electron chi connectivity index (χ4n) is 3.68. The number of rotatable bonds is 10. The lowest BCUT2D eigenvalue weighted by atomic mass is 10.0. The summed E-state index contributed by atoms with van der Waals surface area (Å²) in [7, 11) is 0. The first-order valence-electron chi connectivity index (χ1n) is 11.2. The topological polar surface area (TPSA) is 49.4 Å². The molecule has 0 bridgehead atoms. The molecule has 7 heteroatoms. The van der Waals surface area contributed by atoms with Crippen LogP contribution in [-0.4, -0.2) is 29.3 Å². The molecule has 0 heterocycles. The highest BCUT2D eigenvalue weighted by Crippen LogP contribution is 2.24. The van der Waals surface area contributed by atoms with Crippen LogP contribution in [0.4, 0.5) is 0 Å². The van der Waals surface area contributed by atoms with Gasteiger partial charge in [0.25, 0.3) is 0 Å². The molecule has 0 fully saturated rings. The summed E-state index contributed by atoms with van der Waals surface area (Å²) in [6, 6.07) is 21.5. The van der Waals surface area contributed by atoms with E-state index in [4.69, 9.17) is 34.8 Å². The highest BCUT2D eigenvalue weighted by Gasteiger charge is 2.30. The van der Waals surface area contributed by atoms with E-state index in [0.717, 1.165) is 23.1 Å². The standard InChI is InChI=1S/C27H27Cl3N2O2/c1-2-13-31-27(34)25(16-19-7-4-3-5-8-19)32(18-21-9-6-10-22(28)14-21)26(33)17-20-11-12-23(29)24(30)15-20/h3-12,14-15,25H,2,13,16-18H2,1H3,(H,31,34). The number of carbonyl (C=O) groups is 2. The maximum absolute atomic E-state index is 13.6. The number of benzene rings is 3.